The lowest BCUT2D eigenvalue weighted by Crippen LogP contribution is -2.33. The van der Waals surface area contributed by atoms with Crippen LogP contribution >= 0.6 is 0 Å². The maximum atomic E-state index is 12.5. The minimum Gasteiger partial charge on any atom is -0.491 e. The lowest BCUT2D eigenvalue weighted by atomic mass is 10.0. The van der Waals surface area contributed by atoms with Gasteiger partial charge >= 0.3 is 5.97 Å². The maximum absolute atomic E-state index is 12.5. The molecule has 6 heteroatoms. The predicted octanol–water partition coefficient (Wildman–Crippen LogP) is 2.88. The lowest BCUT2D eigenvalue weighted by molar-refractivity contribution is -0.139. The second kappa shape index (κ2) is 9.01. The smallest absolute Gasteiger partial charge is 0.330 e. The van der Waals surface area contributed by atoms with E-state index in [9.17, 15) is 14.7 Å². The van der Waals surface area contributed by atoms with Crippen molar-refractivity contribution in [2.75, 3.05) is 20.3 Å². The van der Waals surface area contributed by atoms with E-state index in [0.29, 0.717) is 30.1 Å². The average Bonchev–Trinajstić information content (AvgIpc) is 2.58. The zero-order valence-corrected chi connectivity index (χ0v) is 15.1. The molecule has 1 atom stereocenters. The van der Waals surface area contributed by atoms with E-state index < -0.39 is 17.9 Å². The summed E-state index contributed by atoms with van der Waals surface area (Å²) in [6.07, 6.45) is 0. The molecular weight excluding hydrogens is 334 g/mol. The fourth-order valence-corrected chi connectivity index (χ4v) is 2.65. The second-order valence-corrected chi connectivity index (χ2v) is 6.03. The van der Waals surface area contributed by atoms with Gasteiger partial charge in [0.2, 0.25) is 0 Å². The molecule has 0 saturated heterocycles. The van der Waals surface area contributed by atoms with Gasteiger partial charge in [-0.25, -0.2) is 4.79 Å². The van der Waals surface area contributed by atoms with Gasteiger partial charge in [0.1, 0.15) is 12.4 Å². The number of carboxylic acid groups (broad SMARTS) is 1. The van der Waals surface area contributed by atoms with Crippen LogP contribution in [0.5, 0.6) is 5.75 Å². The predicted molar refractivity (Wildman–Crippen MR) is 97.6 cm³/mol. The Morgan fingerprint density at radius 3 is 2.38 bits per heavy atom. The van der Waals surface area contributed by atoms with Crippen molar-refractivity contribution >= 4 is 11.9 Å². The molecule has 0 aliphatic carbocycles. The summed E-state index contributed by atoms with van der Waals surface area (Å²) in [5.74, 6) is -1.07. The molecule has 0 radical (unpaired) electrons. The Balaban J connectivity index is 2.17. The van der Waals surface area contributed by atoms with Crippen molar-refractivity contribution in [2.24, 2.45) is 0 Å². The summed E-state index contributed by atoms with van der Waals surface area (Å²) in [5.41, 5.74) is 2.74. The number of aliphatic carboxylic acids is 1. The van der Waals surface area contributed by atoms with Crippen molar-refractivity contribution in [2.45, 2.75) is 19.9 Å². The Bertz CT molecular complexity index is 767. The number of carbonyl (C=O) groups excluding carboxylic acids is 1. The van der Waals surface area contributed by atoms with Crippen LogP contribution in [0.2, 0.25) is 0 Å². The third-order valence-corrected chi connectivity index (χ3v) is 3.75. The number of methoxy groups -OCH3 is 1. The largest absolute Gasteiger partial charge is 0.491 e. The summed E-state index contributed by atoms with van der Waals surface area (Å²) in [5, 5.41) is 12.1. The molecule has 0 aliphatic rings. The van der Waals surface area contributed by atoms with Gasteiger partial charge in [-0.3, -0.25) is 4.79 Å². The summed E-state index contributed by atoms with van der Waals surface area (Å²) < 4.78 is 10.4. The molecule has 0 aromatic heterocycles. The first-order valence-corrected chi connectivity index (χ1v) is 8.24. The highest BCUT2D eigenvalue weighted by Crippen LogP contribution is 2.19. The molecule has 0 bridgehead atoms. The molecule has 0 saturated carbocycles. The molecule has 138 valence electrons. The Labute approximate surface area is 152 Å². The number of carboxylic acids is 1. The van der Waals surface area contributed by atoms with E-state index in [1.165, 1.54) is 0 Å². The normalized spacial score (nSPS) is 11.7. The lowest BCUT2D eigenvalue weighted by Gasteiger charge is -2.16. The van der Waals surface area contributed by atoms with Crippen LogP contribution in [0.15, 0.2) is 42.5 Å². The third kappa shape index (κ3) is 5.32. The maximum Gasteiger partial charge on any atom is 0.330 e. The van der Waals surface area contributed by atoms with E-state index in [4.69, 9.17) is 9.47 Å². The number of hydrogen-bond donors (Lipinski definition) is 2. The highest BCUT2D eigenvalue weighted by Gasteiger charge is 2.23. The van der Waals surface area contributed by atoms with Crippen molar-refractivity contribution in [3.63, 3.8) is 0 Å². The van der Waals surface area contributed by atoms with Crippen molar-refractivity contribution in [1.82, 2.24) is 5.32 Å². The highest BCUT2D eigenvalue weighted by atomic mass is 16.5. The minimum absolute atomic E-state index is 0.329. The number of amides is 1. The Morgan fingerprint density at radius 2 is 1.77 bits per heavy atom. The van der Waals surface area contributed by atoms with Gasteiger partial charge in [-0.1, -0.05) is 35.4 Å². The molecule has 26 heavy (non-hydrogen) atoms. The zero-order chi connectivity index (χ0) is 19.1. The van der Waals surface area contributed by atoms with Crippen molar-refractivity contribution in [3.05, 3.63) is 64.7 Å². The Morgan fingerprint density at radius 1 is 1.08 bits per heavy atom. The molecule has 2 rings (SSSR count). The molecule has 2 aromatic carbocycles. The van der Waals surface area contributed by atoms with E-state index >= 15 is 0 Å². The topological polar surface area (TPSA) is 84.9 Å². The molecule has 0 aliphatic heterocycles. The van der Waals surface area contributed by atoms with Crippen LogP contribution in [0, 0.1) is 13.8 Å². The Hall–Kier alpha value is -2.86. The zero-order valence-electron chi connectivity index (χ0n) is 15.1. The van der Waals surface area contributed by atoms with Crippen molar-refractivity contribution in [1.29, 1.82) is 0 Å². The summed E-state index contributed by atoms with van der Waals surface area (Å²) >= 11 is 0. The molecule has 2 N–H and O–H groups in total. The van der Waals surface area contributed by atoms with Gasteiger partial charge < -0.3 is 19.9 Å². The number of hydrogen-bond acceptors (Lipinski definition) is 4. The number of ether oxygens (including phenoxy) is 2. The van der Waals surface area contributed by atoms with Crippen LogP contribution in [-0.4, -0.2) is 37.3 Å². The van der Waals surface area contributed by atoms with Crippen molar-refractivity contribution in [3.8, 4) is 5.75 Å². The molecular formula is C20H23NO5. The van der Waals surface area contributed by atoms with Crippen LogP contribution in [0.3, 0.4) is 0 Å². The van der Waals surface area contributed by atoms with E-state index in [1.807, 2.05) is 19.9 Å². The SMILES string of the molecule is COCCOc1cccc(C(=O)NC(C(=O)O)c2cc(C)cc(C)c2)c1. The Kier molecular flexibility index (Phi) is 6.74. The molecule has 0 heterocycles. The number of carbonyl (C=O) groups is 2. The van der Waals surface area contributed by atoms with Crippen molar-refractivity contribution < 1.29 is 24.2 Å². The van der Waals surface area contributed by atoms with Gasteiger partial charge in [-0.15, -0.1) is 0 Å². The van der Waals surface area contributed by atoms with Gasteiger partial charge in [0.15, 0.2) is 6.04 Å². The fraction of sp³-hybridized carbons (Fsp3) is 0.300. The number of aryl methyl sites for hydroxylation is 2. The second-order valence-electron chi connectivity index (χ2n) is 6.03. The van der Waals surface area contributed by atoms with Crippen LogP contribution < -0.4 is 10.1 Å². The molecule has 1 unspecified atom stereocenters. The molecule has 0 spiro atoms. The number of rotatable bonds is 8. The van der Waals surface area contributed by atoms with Crippen LogP contribution in [0.1, 0.15) is 33.1 Å². The summed E-state index contributed by atoms with van der Waals surface area (Å²) in [6.45, 7) is 4.57. The molecule has 6 nitrogen and oxygen atoms in total. The van der Waals surface area contributed by atoms with Crippen LogP contribution in [-0.2, 0) is 9.53 Å². The van der Waals surface area contributed by atoms with Crippen LogP contribution in [0.25, 0.3) is 0 Å². The standard InChI is InChI=1S/C20H23NO5/c1-13-9-14(2)11-16(10-13)18(20(23)24)21-19(22)15-5-4-6-17(12-15)26-8-7-25-3/h4-6,9-12,18H,7-8H2,1-3H3,(H,21,22)(H,23,24). The van der Waals surface area contributed by atoms with Crippen LogP contribution in [0.4, 0.5) is 0 Å². The first-order chi connectivity index (χ1) is 12.4. The van der Waals surface area contributed by atoms with Gasteiger partial charge in [0.25, 0.3) is 5.91 Å². The summed E-state index contributed by atoms with van der Waals surface area (Å²) in [6, 6.07) is 10.9. The third-order valence-electron chi connectivity index (χ3n) is 3.75. The first-order valence-electron chi connectivity index (χ1n) is 8.24. The fourth-order valence-electron chi connectivity index (χ4n) is 2.65. The van der Waals surface area contributed by atoms with E-state index in [1.54, 1.807) is 43.5 Å². The van der Waals surface area contributed by atoms with E-state index in [0.717, 1.165) is 11.1 Å². The monoisotopic (exact) mass is 357 g/mol. The first kappa shape index (κ1) is 19.5. The molecule has 1 amide bonds. The van der Waals surface area contributed by atoms with Gasteiger partial charge in [0, 0.05) is 12.7 Å². The number of benzene rings is 2. The average molecular weight is 357 g/mol. The highest BCUT2D eigenvalue weighted by molar-refractivity contribution is 5.97. The van der Waals surface area contributed by atoms with E-state index in [2.05, 4.69) is 5.32 Å². The van der Waals surface area contributed by atoms with E-state index in [-0.39, 0.29) is 0 Å². The summed E-state index contributed by atoms with van der Waals surface area (Å²) in [7, 11) is 1.58. The number of nitrogens with one attached hydrogen (secondary N) is 1. The molecule has 2 aromatic rings. The van der Waals surface area contributed by atoms with Gasteiger partial charge in [-0.05, 0) is 37.6 Å². The van der Waals surface area contributed by atoms with Gasteiger partial charge in [0.05, 0.1) is 6.61 Å². The van der Waals surface area contributed by atoms with Gasteiger partial charge in [-0.2, -0.15) is 0 Å². The summed E-state index contributed by atoms with van der Waals surface area (Å²) in [4.78, 5) is 24.2. The quantitative estimate of drug-likeness (QED) is 0.710. The minimum atomic E-state index is -1.13. The molecule has 0 fully saturated rings.